The molecule has 4 aromatic rings. The maximum atomic E-state index is 11.7. The number of hydrogen-bond acceptors (Lipinski definition) is 9. The van der Waals surface area contributed by atoms with Crippen molar-refractivity contribution < 1.29 is 45.6 Å². The monoisotopic (exact) mass is 766 g/mol. The molecule has 272 valence electrons. The zero-order chi connectivity index (χ0) is 36.6. The van der Waals surface area contributed by atoms with Gasteiger partial charge in [0.1, 0.15) is 43.8 Å². The van der Waals surface area contributed by atoms with E-state index < -0.39 is 20.2 Å². The third kappa shape index (κ3) is 16.2. The second-order valence-corrected chi connectivity index (χ2v) is 14.7. The second-order valence-electron chi connectivity index (χ2n) is 12.0. The van der Waals surface area contributed by atoms with Crippen molar-refractivity contribution in [1.82, 2.24) is 0 Å². The Kier molecular flexibility index (Phi) is 19.4. The van der Waals surface area contributed by atoms with Crippen molar-refractivity contribution in [2.24, 2.45) is 0 Å². The van der Waals surface area contributed by atoms with Gasteiger partial charge >= 0.3 is 37.7 Å². The van der Waals surface area contributed by atoms with Crippen LogP contribution in [0.25, 0.3) is 0 Å². The standard InChI is InChI=1S/2C19H24O5S.Ca/c2*1-2-3-4-5-6-8-15-11-12-18(14-19(15)25(21,22)23)24-17-10-7-9-16(20)13-17;/h2*7,9-14,20H,2-6,8H2,1H3,(H,21,22,23);/q;;+2/p-2. The number of benzene rings is 4. The summed E-state index contributed by atoms with van der Waals surface area (Å²) in [4.78, 5) is -0.376. The van der Waals surface area contributed by atoms with E-state index in [1.807, 2.05) is 0 Å². The summed E-state index contributed by atoms with van der Waals surface area (Å²) in [6.45, 7) is 4.27. The van der Waals surface area contributed by atoms with Gasteiger partial charge in [0.25, 0.3) is 10.1 Å². The van der Waals surface area contributed by atoms with Crippen LogP contribution in [0.5, 0.6) is 34.5 Å². The van der Waals surface area contributed by atoms with Crippen LogP contribution < -0.4 is 14.6 Å². The average molecular weight is 767 g/mol. The van der Waals surface area contributed by atoms with Gasteiger partial charge in [0.05, 0.1) is 4.90 Å². The molecule has 0 amide bonds. The second kappa shape index (κ2) is 22.3. The van der Waals surface area contributed by atoms with E-state index in [1.54, 1.807) is 48.5 Å². The first-order chi connectivity index (χ1) is 23.8. The van der Waals surface area contributed by atoms with E-state index in [0.717, 1.165) is 57.8 Å². The molecular formula is C38H46CaO10S2. The molecule has 0 heterocycles. The van der Waals surface area contributed by atoms with E-state index in [1.165, 1.54) is 42.8 Å². The molecule has 4 rings (SSSR count). The van der Waals surface area contributed by atoms with Gasteiger partial charge in [-0.2, -0.15) is 8.42 Å². The minimum absolute atomic E-state index is 0. The smallest absolute Gasteiger partial charge is 0.872 e. The van der Waals surface area contributed by atoms with Crippen LogP contribution in [0.15, 0.2) is 94.7 Å². The number of phenols is 1. The normalized spacial score (nSPS) is 11.2. The third-order valence-corrected chi connectivity index (χ3v) is 9.67. The molecule has 51 heavy (non-hydrogen) atoms. The zero-order valence-electron chi connectivity index (χ0n) is 29.3. The number of unbranched alkanes of at least 4 members (excludes halogenated alkanes) is 8. The van der Waals surface area contributed by atoms with Gasteiger partial charge in [0.15, 0.2) is 0 Å². The van der Waals surface area contributed by atoms with Gasteiger partial charge in [-0.1, -0.05) is 95.5 Å². The summed E-state index contributed by atoms with van der Waals surface area (Å²) in [7, 11) is -8.93. The Bertz CT molecular complexity index is 1740. The summed E-state index contributed by atoms with van der Waals surface area (Å²) in [5.74, 6) is 1.03. The molecule has 0 unspecified atom stereocenters. The fraction of sp³-hybridized carbons (Fsp3) is 0.368. The molecule has 0 atom stereocenters. The molecule has 0 saturated heterocycles. The molecule has 0 aliphatic carbocycles. The zero-order valence-corrected chi connectivity index (χ0v) is 33.1. The fourth-order valence-electron chi connectivity index (χ4n) is 5.28. The number of rotatable bonds is 18. The first-order valence-corrected chi connectivity index (χ1v) is 19.8. The van der Waals surface area contributed by atoms with Crippen molar-refractivity contribution >= 4 is 58.0 Å². The Morgan fingerprint density at radius 2 is 1.04 bits per heavy atom. The van der Waals surface area contributed by atoms with Crippen LogP contribution in [0.2, 0.25) is 0 Å². The predicted molar refractivity (Wildman–Crippen MR) is 195 cm³/mol. The number of ether oxygens (including phenoxy) is 2. The summed E-state index contributed by atoms with van der Waals surface area (Å²) >= 11 is 0. The van der Waals surface area contributed by atoms with Gasteiger partial charge in [-0.15, -0.1) is 5.75 Å². The van der Waals surface area contributed by atoms with Crippen molar-refractivity contribution in [3.8, 4) is 34.5 Å². The minimum atomic E-state index is -4.60. The Morgan fingerprint density at radius 1 is 0.588 bits per heavy atom. The van der Waals surface area contributed by atoms with Crippen LogP contribution in [0.3, 0.4) is 0 Å². The van der Waals surface area contributed by atoms with Gasteiger partial charge in [-0.25, -0.2) is 8.42 Å². The van der Waals surface area contributed by atoms with Crippen molar-refractivity contribution in [1.29, 1.82) is 0 Å². The van der Waals surface area contributed by atoms with E-state index >= 15 is 0 Å². The van der Waals surface area contributed by atoms with Crippen molar-refractivity contribution in [3.63, 3.8) is 0 Å². The average Bonchev–Trinajstić information content (AvgIpc) is 3.05. The van der Waals surface area contributed by atoms with Gasteiger partial charge in [-0.05, 0) is 79.3 Å². The topological polar surface area (TPSA) is 173 Å². The van der Waals surface area contributed by atoms with Crippen LogP contribution >= 0.6 is 0 Å². The molecule has 10 nitrogen and oxygen atoms in total. The molecule has 0 spiro atoms. The number of phenolic OH excluding ortho intramolecular Hbond substituents is 1. The van der Waals surface area contributed by atoms with Crippen LogP contribution in [0.4, 0.5) is 0 Å². The summed E-state index contributed by atoms with van der Waals surface area (Å²) in [6.07, 6.45) is 11.7. The number of aromatic hydroxyl groups is 1. The van der Waals surface area contributed by atoms with Gasteiger partial charge in [-0.3, -0.25) is 4.55 Å². The summed E-state index contributed by atoms with van der Waals surface area (Å²) in [6, 6.07) is 21.2. The SMILES string of the molecule is CCCCCCCc1ccc(Oc2cccc(O)c2)cc1S(=O)(=O)O.CCCCCCCc1ccc(Oc2cccc([O-])c2)cc1S(=O)(=O)[O-].[Ca+2]. The first kappa shape index (κ1) is 44.3. The molecule has 0 aliphatic heterocycles. The maximum Gasteiger partial charge on any atom is 2.00 e. The molecule has 0 aliphatic rings. The Hall–Kier alpha value is -2.84. The van der Waals surface area contributed by atoms with E-state index in [2.05, 4.69) is 13.8 Å². The van der Waals surface area contributed by atoms with Crippen LogP contribution in [0.1, 0.15) is 89.2 Å². The van der Waals surface area contributed by atoms with Crippen molar-refractivity contribution in [3.05, 3.63) is 96.1 Å². The van der Waals surface area contributed by atoms with Gasteiger partial charge in [0, 0.05) is 12.1 Å². The summed E-state index contributed by atoms with van der Waals surface area (Å²) in [5, 5.41) is 20.8. The molecule has 0 saturated carbocycles. The molecule has 0 radical (unpaired) electrons. The van der Waals surface area contributed by atoms with Gasteiger partial charge in [0.2, 0.25) is 0 Å². The predicted octanol–water partition coefficient (Wildman–Crippen LogP) is 8.53. The number of aryl methyl sites for hydroxylation is 2. The summed E-state index contributed by atoms with van der Waals surface area (Å²) < 4.78 is 78.8. The third-order valence-electron chi connectivity index (χ3n) is 7.82. The van der Waals surface area contributed by atoms with Crippen LogP contribution in [-0.4, -0.2) is 68.8 Å². The van der Waals surface area contributed by atoms with Crippen LogP contribution in [-0.2, 0) is 33.1 Å². The molecule has 0 fully saturated rings. The Balaban J connectivity index is 0.000000347. The van der Waals surface area contributed by atoms with Gasteiger partial charge < -0.3 is 24.2 Å². The van der Waals surface area contributed by atoms with E-state index in [9.17, 15) is 36.2 Å². The fourth-order valence-corrected chi connectivity index (χ4v) is 6.80. The quantitative estimate of drug-likeness (QED) is 0.0568. The van der Waals surface area contributed by atoms with E-state index in [-0.39, 0.29) is 70.5 Å². The van der Waals surface area contributed by atoms with E-state index in [4.69, 9.17) is 9.47 Å². The van der Waals surface area contributed by atoms with E-state index in [0.29, 0.717) is 35.5 Å². The molecule has 0 bridgehead atoms. The van der Waals surface area contributed by atoms with Crippen molar-refractivity contribution in [2.45, 2.75) is 101 Å². The minimum Gasteiger partial charge on any atom is -0.872 e. The molecular weight excluding hydrogens is 721 g/mol. The van der Waals surface area contributed by atoms with Crippen LogP contribution in [0, 0.1) is 0 Å². The van der Waals surface area contributed by atoms with Crippen molar-refractivity contribution in [2.75, 3.05) is 0 Å². The molecule has 0 aromatic heterocycles. The first-order valence-electron chi connectivity index (χ1n) is 16.9. The Labute approximate surface area is 332 Å². The summed E-state index contributed by atoms with van der Waals surface area (Å²) in [5.41, 5.74) is 1.10. The Morgan fingerprint density at radius 3 is 1.51 bits per heavy atom. The largest absolute Gasteiger partial charge is 2.00 e. The molecule has 2 N–H and O–H groups in total. The molecule has 13 heteroatoms. The number of hydrogen-bond donors (Lipinski definition) is 2. The molecule has 4 aromatic carbocycles. The maximum absolute atomic E-state index is 11.7.